The van der Waals surface area contributed by atoms with Gasteiger partial charge in [-0.25, -0.2) is 0 Å². The molecule has 2 rings (SSSR count). The lowest BCUT2D eigenvalue weighted by Crippen LogP contribution is -2.04. The normalized spacial score (nSPS) is 10.5. The van der Waals surface area contributed by atoms with Crippen molar-refractivity contribution >= 4 is 49.0 Å². The van der Waals surface area contributed by atoms with Gasteiger partial charge in [0.2, 0.25) is 0 Å². The lowest BCUT2D eigenvalue weighted by atomic mass is 10.0. The van der Waals surface area contributed by atoms with Gasteiger partial charge in [0.15, 0.2) is 5.78 Å². The number of benzene rings is 1. The second-order valence-corrected chi connectivity index (χ2v) is 6.52. The average Bonchev–Trinajstić information content (AvgIpc) is 2.68. The lowest BCUT2D eigenvalue weighted by molar-refractivity contribution is 0.0993. The van der Waals surface area contributed by atoms with Crippen LogP contribution in [0.25, 0.3) is 0 Å². The highest BCUT2D eigenvalue weighted by molar-refractivity contribution is 9.10. The highest BCUT2D eigenvalue weighted by Gasteiger charge is 2.13. The molecule has 0 fully saturated rings. The van der Waals surface area contributed by atoms with Gasteiger partial charge in [-0.2, -0.15) is 0 Å². The van der Waals surface area contributed by atoms with E-state index < -0.39 is 0 Å². The second kappa shape index (κ2) is 5.46. The Balaban J connectivity index is 2.26. The number of halogens is 2. The van der Waals surface area contributed by atoms with E-state index in [2.05, 4.69) is 31.9 Å². The van der Waals surface area contributed by atoms with E-state index in [1.165, 1.54) is 0 Å². The Hall–Kier alpha value is -0.450. The minimum absolute atomic E-state index is 0.159. The van der Waals surface area contributed by atoms with Crippen molar-refractivity contribution in [3.05, 3.63) is 54.6 Å². The quantitative estimate of drug-likeness (QED) is 0.691. The zero-order valence-electron chi connectivity index (χ0n) is 9.17. The van der Waals surface area contributed by atoms with Gasteiger partial charge in [-0.3, -0.25) is 4.79 Å². The van der Waals surface area contributed by atoms with Crippen molar-refractivity contribution in [3.8, 4) is 0 Å². The fourth-order valence-corrected chi connectivity index (χ4v) is 3.44. The molecule has 88 valence electrons. The number of aryl methyl sites for hydroxylation is 1. The van der Waals surface area contributed by atoms with Crippen LogP contribution < -0.4 is 0 Å². The van der Waals surface area contributed by atoms with Gasteiger partial charge in [0.25, 0.3) is 0 Å². The summed E-state index contributed by atoms with van der Waals surface area (Å²) in [6.45, 7) is 1.96. The Bertz CT molecular complexity index is 560. The summed E-state index contributed by atoms with van der Waals surface area (Å²) in [4.78, 5) is 13.3. The van der Waals surface area contributed by atoms with Gasteiger partial charge in [0, 0.05) is 25.8 Å². The van der Waals surface area contributed by atoms with Crippen molar-refractivity contribution in [2.45, 2.75) is 13.3 Å². The van der Waals surface area contributed by atoms with Crippen molar-refractivity contribution in [1.29, 1.82) is 0 Å². The van der Waals surface area contributed by atoms with Gasteiger partial charge >= 0.3 is 0 Å². The molecule has 1 aromatic heterocycles. The molecule has 0 N–H and O–H groups in total. The molecule has 17 heavy (non-hydrogen) atoms. The minimum Gasteiger partial charge on any atom is -0.294 e. The maximum Gasteiger partial charge on any atom is 0.168 e. The molecule has 0 unspecified atom stereocenters. The van der Waals surface area contributed by atoms with Crippen molar-refractivity contribution in [2.75, 3.05) is 0 Å². The highest BCUT2D eigenvalue weighted by Crippen LogP contribution is 2.25. The Morgan fingerprint density at radius 2 is 2.06 bits per heavy atom. The number of carbonyl (C=O) groups excluding carboxylic acids is 1. The molecule has 0 radical (unpaired) electrons. The molecule has 0 aliphatic carbocycles. The summed E-state index contributed by atoms with van der Waals surface area (Å²) >= 11 is 8.45. The molecular weight excluding hydrogens is 364 g/mol. The Labute approximate surface area is 121 Å². The third-order valence-electron chi connectivity index (χ3n) is 2.51. The molecule has 0 aliphatic rings. The van der Waals surface area contributed by atoms with Crippen LogP contribution in [0.1, 0.15) is 20.8 Å². The van der Waals surface area contributed by atoms with Gasteiger partial charge in [-0.15, -0.1) is 11.3 Å². The number of thiophene rings is 1. The van der Waals surface area contributed by atoms with Crippen LogP contribution in [0.2, 0.25) is 0 Å². The summed E-state index contributed by atoms with van der Waals surface area (Å²) in [5.41, 5.74) is 1.81. The molecule has 0 bridgehead atoms. The number of carbonyl (C=O) groups is 1. The van der Waals surface area contributed by atoms with E-state index >= 15 is 0 Å². The molecule has 2 aromatic rings. The first-order valence-corrected chi connectivity index (χ1v) is 7.55. The first-order valence-electron chi connectivity index (χ1n) is 5.09. The standard InChI is InChI=1S/C13H10Br2OS/c1-8-2-3-9(14)6-10(8)12(16)7-13-11(15)4-5-17-13/h2-6H,7H2,1H3. The molecule has 0 saturated heterocycles. The molecule has 0 atom stereocenters. The molecule has 0 saturated carbocycles. The third kappa shape index (κ3) is 3.06. The zero-order valence-corrected chi connectivity index (χ0v) is 13.2. The van der Waals surface area contributed by atoms with Gasteiger partial charge in [-0.1, -0.05) is 22.0 Å². The third-order valence-corrected chi connectivity index (χ3v) is 4.93. The van der Waals surface area contributed by atoms with E-state index in [1.54, 1.807) is 11.3 Å². The number of hydrogen-bond acceptors (Lipinski definition) is 2. The molecule has 0 spiro atoms. The van der Waals surface area contributed by atoms with Gasteiger partial charge < -0.3 is 0 Å². The molecule has 1 nitrogen and oxygen atoms in total. The first kappa shape index (κ1) is 13.0. The average molecular weight is 374 g/mol. The van der Waals surface area contributed by atoms with Crippen molar-refractivity contribution in [2.24, 2.45) is 0 Å². The van der Waals surface area contributed by atoms with Crippen LogP contribution in [0.5, 0.6) is 0 Å². The van der Waals surface area contributed by atoms with Crippen molar-refractivity contribution < 1.29 is 4.79 Å². The topological polar surface area (TPSA) is 17.1 Å². The van der Waals surface area contributed by atoms with Gasteiger partial charge in [-0.05, 0) is 52.0 Å². The van der Waals surface area contributed by atoms with E-state index in [0.717, 1.165) is 24.9 Å². The van der Waals surface area contributed by atoms with Crippen molar-refractivity contribution in [3.63, 3.8) is 0 Å². The zero-order chi connectivity index (χ0) is 12.4. The summed E-state index contributed by atoms with van der Waals surface area (Å²) in [6, 6.07) is 7.77. The van der Waals surface area contributed by atoms with Gasteiger partial charge in [0.1, 0.15) is 0 Å². The smallest absolute Gasteiger partial charge is 0.168 e. The fourth-order valence-electron chi connectivity index (χ4n) is 1.59. The maximum absolute atomic E-state index is 12.2. The monoisotopic (exact) mass is 372 g/mol. The van der Waals surface area contributed by atoms with Crippen LogP contribution in [-0.4, -0.2) is 5.78 Å². The Morgan fingerprint density at radius 1 is 1.29 bits per heavy atom. The Morgan fingerprint density at radius 3 is 2.71 bits per heavy atom. The molecule has 4 heteroatoms. The van der Waals surface area contributed by atoms with Gasteiger partial charge in [0.05, 0.1) is 0 Å². The second-order valence-electron chi connectivity index (χ2n) is 3.75. The van der Waals surface area contributed by atoms with E-state index in [4.69, 9.17) is 0 Å². The summed E-state index contributed by atoms with van der Waals surface area (Å²) in [7, 11) is 0. The summed E-state index contributed by atoms with van der Waals surface area (Å²) in [6.07, 6.45) is 0.454. The SMILES string of the molecule is Cc1ccc(Br)cc1C(=O)Cc1sccc1Br. The van der Waals surface area contributed by atoms with Crippen LogP contribution >= 0.6 is 43.2 Å². The van der Waals surface area contributed by atoms with Crippen LogP contribution in [0.3, 0.4) is 0 Å². The van der Waals surface area contributed by atoms with E-state index in [0.29, 0.717) is 6.42 Å². The van der Waals surface area contributed by atoms with Crippen molar-refractivity contribution in [1.82, 2.24) is 0 Å². The summed E-state index contributed by atoms with van der Waals surface area (Å²) in [5.74, 6) is 0.159. The van der Waals surface area contributed by atoms with Crippen LogP contribution in [0.15, 0.2) is 38.6 Å². The van der Waals surface area contributed by atoms with Crippen LogP contribution in [-0.2, 0) is 6.42 Å². The predicted octanol–water partition coefficient (Wildman–Crippen LogP) is 5.01. The highest BCUT2D eigenvalue weighted by atomic mass is 79.9. The maximum atomic E-state index is 12.2. The van der Waals surface area contributed by atoms with E-state index in [1.807, 2.05) is 36.6 Å². The summed E-state index contributed by atoms with van der Waals surface area (Å²) < 4.78 is 1.96. The number of Topliss-reactive ketones (excluding diaryl/α,β-unsaturated/α-hetero) is 1. The molecule has 1 aromatic carbocycles. The van der Waals surface area contributed by atoms with E-state index in [9.17, 15) is 4.79 Å². The molecule has 1 heterocycles. The predicted molar refractivity (Wildman–Crippen MR) is 78.9 cm³/mol. The first-order chi connectivity index (χ1) is 8.08. The lowest BCUT2D eigenvalue weighted by Gasteiger charge is -2.05. The van der Waals surface area contributed by atoms with E-state index in [-0.39, 0.29) is 5.78 Å². The minimum atomic E-state index is 0.159. The number of hydrogen-bond donors (Lipinski definition) is 0. The van der Waals surface area contributed by atoms with Crippen LogP contribution in [0.4, 0.5) is 0 Å². The Kier molecular flexibility index (Phi) is 4.17. The largest absolute Gasteiger partial charge is 0.294 e. The summed E-state index contributed by atoms with van der Waals surface area (Å²) in [5, 5.41) is 1.99. The van der Waals surface area contributed by atoms with Crippen LogP contribution in [0, 0.1) is 6.92 Å². The molecule has 0 aliphatic heterocycles. The number of rotatable bonds is 3. The number of ketones is 1. The fraction of sp³-hybridized carbons (Fsp3) is 0.154. The molecule has 0 amide bonds. The molecular formula is C13H10Br2OS.